The lowest BCUT2D eigenvalue weighted by atomic mass is 10.2. The monoisotopic (exact) mass is 304 g/mol. The van der Waals surface area contributed by atoms with E-state index < -0.39 is 10.0 Å². The van der Waals surface area contributed by atoms with Crippen LogP contribution in [0.3, 0.4) is 0 Å². The van der Waals surface area contributed by atoms with Crippen LogP contribution in [0.5, 0.6) is 0 Å². The predicted molar refractivity (Wildman–Crippen MR) is 77.9 cm³/mol. The minimum Gasteiger partial charge on any atom is -0.338 e. The fourth-order valence-electron chi connectivity index (χ4n) is 1.90. The average Bonchev–Trinajstić information content (AvgIpc) is 2.85. The summed E-state index contributed by atoms with van der Waals surface area (Å²) in [6.07, 6.45) is 4.29. The first-order valence-electron chi connectivity index (χ1n) is 6.44. The summed E-state index contributed by atoms with van der Waals surface area (Å²) in [4.78, 5) is 4.34. The molecule has 2 rings (SSSR count). The minimum absolute atomic E-state index is 0.198. The smallest absolute Gasteiger partial charge is 0.240 e. The summed E-state index contributed by atoms with van der Waals surface area (Å²) < 4.78 is 28.6. The Labute approximate surface area is 124 Å². The van der Waals surface area contributed by atoms with E-state index >= 15 is 0 Å². The van der Waals surface area contributed by atoms with Crippen LogP contribution in [0.25, 0.3) is 0 Å². The molecule has 6 nitrogen and oxygen atoms in total. The second-order valence-corrected chi connectivity index (χ2v) is 6.35. The summed E-state index contributed by atoms with van der Waals surface area (Å²) in [5.41, 5.74) is 0.796. The van der Waals surface area contributed by atoms with Crippen molar-refractivity contribution in [2.24, 2.45) is 7.05 Å². The van der Waals surface area contributed by atoms with Crippen molar-refractivity contribution in [1.82, 2.24) is 14.3 Å². The van der Waals surface area contributed by atoms with E-state index in [1.807, 2.05) is 23.9 Å². The Kier molecular flexibility index (Phi) is 4.73. The highest BCUT2D eigenvalue weighted by atomic mass is 32.2. The van der Waals surface area contributed by atoms with Crippen LogP contribution in [0.1, 0.15) is 11.4 Å². The topological polar surface area (TPSA) is 87.8 Å². The van der Waals surface area contributed by atoms with Crippen molar-refractivity contribution in [3.63, 3.8) is 0 Å². The highest BCUT2D eigenvalue weighted by Crippen LogP contribution is 2.10. The van der Waals surface area contributed by atoms with Crippen molar-refractivity contribution in [3.05, 3.63) is 48.0 Å². The van der Waals surface area contributed by atoms with Gasteiger partial charge in [0.2, 0.25) is 10.0 Å². The summed E-state index contributed by atoms with van der Waals surface area (Å²) in [6.45, 7) is 0.285. The van der Waals surface area contributed by atoms with Crippen LogP contribution in [-0.4, -0.2) is 24.5 Å². The summed E-state index contributed by atoms with van der Waals surface area (Å²) in [6, 6.07) is 8.34. The Hall–Kier alpha value is -2.17. The van der Waals surface area contributed by atoms with Gasteiger partial charge in [0.15, 0.2) is 0 Å². The zero-order valence-corrected chi connectivity index (χ0v) is 12.5. The Morgan fingerprint density at radius 3 is 2.62 bits per heavy atom. The number of hydrogen-bond acceptors (Lipinski definition) is 4. The third-order valence-electron chi connectivity index (χ3n) is 3.08. The first kappa shape index (κ1) is 15.2. The summed E-state index contributed by atoms with van der Waals surface area (Å²) in [7, 11) is -1.66. The van der Waals surface area contributed by atoms with Crippen LogP contribution in [0.4, 0.5) is 0 Å². The van der Waals surface area contributed by atoms with Gasteiger partial charge in [-0.15, -0.1) is 0 Å². The predicted octanol–water partition coefficient (Wildman–Crippen LogP) is 1.01. The van der Waals surface area contributed by atoms with E-state index in [0.29, 0.717) is 6.42 Å². The van der Waals surface area contributed by atoms with Gasteiger partial charge >= 0.3 is 0 Å². The molecule has 7 heteroatoms. The zero-order valence-electron chi connectivity index (χ0n) is 11.7. The zero-order chi connectivity index (χ0) is 15.3. The molecular weight excluding hydrogens is 288 g/mol. The van der Waals surface area contributed by atoms with Crippen molar-refractivity contribution < 1.29 is 8.42 Å². The van der Waals surface area contributed by atoms with Crippen molar-refractivity contribution in [2.75, 3.05) is 6.54 Å². The second kappa shape index (κ2) is 6.52. The molecule has 0 aliphatic heterocycles. The number of aryl methyl sites for hydroxylation is 1. The molecule has 0 saturated carbocycles. The lowest BCUT2D eigenvalue weighted by Crippen LogP contribution is -2.26. The van der Waals surface area contributed by atoms with Crippen molar-refractivity contribution >= 4 is 10.0 Å². The first-order chi connectivity index (χ1) is 10.0. The summed E-state index contributed by atoms with van der Waals surface area (Å²) in [5.74, 6) is 0.821. The largest absolute Gasteiger partial charge is 0.338 e. The Morgan fingerprint density at radius 1 is 1.33 bits per heavy atom. The Morgan fingerprint density at radius 2 is 2.05 bits per heavy atom. The van der Waals surface area contributed by atoms with E-state index in [1.165, 1.54) is 12.1 Å². The number of imidazole rings is 1. The Bertz CT molecular complexity index is 742. The van der Waals surface area contributed by atoms with Gasteiger partial charge in [0.1, 0.15) is 5.82 Å². The van der Waals surface area contributed by atoms with Crippen LogP contribution in [0.2, 0.25) is 0 Å². The molecule has 0 amide bonds. The van der Waals surface area contributed by atoms with Crippen molar-refractivity contribution in [1.29, 1.82) is 5.26 Å². The van der Waals surface area contributed by atoms with Gasteiger partial charge < -0.3 is 4.57 Å². The van der Waals surface area contributed by atoms with E-state index in [-0.39, 0.29) is 17.9 Å². The fourth-order valence-corrected chi connectivity index (χ4v) is 2.93. The molecule has 1 heterocycles. The first-order valence-corrected chi connectivity index (χ1v) is 7.93. The maximum atomic E-state index is 12.1. The molecule has 0 radical (unpaired) electrons. The van der Waals surface area contributed by atoms with Crippen LogP contribution in [0, 0.1) is 11.3 Å². The van der Waals surface area contributed by atoms with Gasteiger partial charge in [-0.05, 0) is 17.7 Å². The SMILES string of the molecule is Cn1ccnc1CCNS(=O)(=O)c1ccc(CC#N)cc1. The molecule has 1 aromatic carbocycles. The average molecular weight is 304 g/mol. The standard InChI is InChI=1S/C14H16N4O2S/c1-18-11-10-16-14(18)7-9-17-21(19,20)13-4-2-12(3-5-13)6-8-15/h2-5,10-11,17H,6-7,9H2,1H3. The number of nitrogens with zero attached hydrogens (tertiary/aromatic N) is 3. The normalized spacial score (nSPS) is 11.2. The van der Waals surface area contributed by atoms with E-state index in [1.54, 1.807) is 18.3 Å². The molecule has 110 valence electrons. The number of hydrogen-bond donors (Lipinski definition) is 1. The minimum atomic E-state index is -3.53. The molecule has 0 spiro atoms. The molecule has 0 fully saturated rings. The molecule has 0 saturated heterocycles. The maximum absolute atomic E-state index is 12.1. The number of benzene rings is 1. The molecule has 0 bridgehead atoms. The molecule has 2 aromatic rings. The molecule has 0 aliphatic carbocycles. The quantitative estimate of drug-likeness (QED) is 0.862. The van der Waals surface area contributed by atoms with Gasteiger partial charge in [0.05, 0.1) is 17.4 Å². The van der Waals surface area contributed by atoms with Crippen LogP contribution >= 0.6 is 0 Å². The van der Waals surface area contributed by atoms with Gasteiger partial charge in [-0.1, -0.05) is 12.1 Å². The molecule has 0 unspecified atom stereocenters. The highest BCUT2D eigenvalue weighted by molar-refractivity contribution is 7.89. The second-order valence-electron chi connectivity index (χ2n) is 4.58. The molecule has 1 N–H and O–H groups in total. The molecule has 0 aliphatic rings. The number of sulfonamides is 1. The number of nitriles is 1. The number of aromatic nitrogens is 2. The van der Waals surface area contributed by atoms with E-state index in [4.69, 9.17) is 5.26 Å². The van der Waals surface area contributed by atoms with E-state index in [0.717, 1.165) is 11.4 Å². The van der Waals surface area contributed by atoms with Gasteiger partial charge in [-0.25, -0.2) is 18.1 Å². The molecule has 1 aromatic heterocycles. The lowest BCUT2D eigenvalue weighted by Gasteiger charge is -2.07. The third-order valence-corrected chi connectivity index (χ3v) is 4.56. The van der Waals surface area contributed by atoms with Gasteiger partial charge in [-0.2, -0.15) is 5.26 Å². The van der Waals surface area contributed by atoms with E-state index in [9.17, 15) is 8.42 Å². The number of nitrogens with one attached hydrogen (secondary N) is 1. The van der Waals surface area contributed by atoms with E-state index in [2.05, 4.69) is 9.71 Å². The third kappa shape index (κ3) is 3.90. The van der Waals surface area contributed by atoms with Gasteiger partial charge in [0.25, 0.3) is 0 Å². The molecular formula is C14H16N4O2S. The van der Waals surface area contributed by atoms with Gasteiger partial charge in [-0.3, -0.25) is 0 Å². The Balaban J connectivity index is 1.98. The summed E-state index contributed by atoms with van der Waals surface area (Å²) >= 11 is 0. The number of rotatable bonds is 6. The van der Waals surface area contributed by atoms with Crippen LogP contribution in [-0.2, 0) is 29.9 Å². The van der Waals surface area contributed by atoms with Crippen molar-refractivity contribution in [2.45, 2.75) is 17.7 Å². The van der Waals surface area contributed by atoms with Crippen LogP contribution in [0.15, 0.2) is 41.6 Å². The van der Waals surface area contributed by atoms with Crippen molar-refractivity contribution in [3.8, 4) is 6.07 Å². The highest BCUT2D eigenvalue weighted by Gasteiger charge is 2.13. The molecule has 0 atom stereocenters. The fraction of sp³-hybridized carbons (Fsp3) is 0.286. The van der Waals surface area contributed by atoms with Crippen LogP contribution < -0.4 is 4.72 Å². The summed E-state index contributed by atoms with van der Waals surface area (Å²) in [5, 5.41) is 8.59. The lowest BCUT2D eigenvalue weighted by molar-refractivity contribution is 0.580. The van der Waals surface area contributed by atoms with Gasteiger partial charge in [0, 0.05) is 32.4 Å². The molecule has 21 heavy (non-hydrogen) atoms. The maximum Gasteiger partial charge on any atom is 0.240 e.